The molecule has 0 aromatic carbocycles. The van der Waals surface area contributed by atoms with E-state index >= 15 is 0 Å². The Morgan fingerprint density at radius 3 is 2.95 bits per heavy atom. The zero-order valence-electron chi connectivity index (χ0n) is 11.5. The smallest absolute Gasteiger partial charge is 0.226 e. The van der Waals surface area contributed by atoms with Crippen LogP contribution in [0.4, 0.5) is 0 Å². The van der Waals surface area contributed by atoms with Gasteiger partial charge in [0.25, 0.3) is 0 Å². The van der Waals surface area contributed by atoms with Crippen molar-refractivity contribution in [3.05, 3.63) is 11.7 Å². The molecule has 19 heavy (non-hydrogen) atoms. The lowest BCUT2D eigenvalue weighted by atomic mass is 9.88. The highest BCUT2D eigenvalue weighted by atomic mass is 16.5. The number of hydrogen-bond donors (Lipinski definition) is 1. The van der Waals surface area contributed by atoms with Gasteiger partial charge in [-0.3, -0.25) is 0 Å². The number of aryl methyl sites for hydroxylation is 1. The van der Waals surface area contributed by atoms with E-state index in [4.69, 9.17) is 4.52 Å². The van der Waals surface area contributed by atoms with E-state index in [9.17, 15) is 0 Å². The van der Waals surface area contributed by atoms with Gasteiger partial charge in [0.1, 0.15) is 0 Å². The van der Waals surface area contributed by atoms with Gasteiger partial charge in [0.2, 0.25) is 5.89 Å². The minimum atomic E-state index is 0.601. The number of nitrogens with one attached hydrogen (secondary N) is 1. The van der Waals surface area contributed by atoms with Crippen LogP contribution < -0.4 is 5.32 Å². The summed E-state index contributed by atoms with van der Waals surface area (Å²) in [6.07, 6.45) is 8.96. The predicted molar refractivity (Wildman–Crippen MR) is 71.8 cm³/mol. The first-order valence-electron chi connectivity index (χ1n) is 7.91. The topological polar surface area (TPSA) is 51.0 Å². The zero-order chi connectivity index (χ0) is 12.7. The summed E-state index contributed by atoms with van der Waals surface area (Å²) in [7, 11) is 0. The van der Waals surface area contributed by atoms with Crippen molar-refractivity contribution < 1.29 is 4.52 Å². The van der Waals surface area contributed by atoms with Crippen LogP contribution >= 0.6 is 0 Å². The molecule has 3 aliphatic rings. The second-order valence-electron chi connectivity index (χ2n) is 6.73. The van der Waals surface area contributed by atoms with Gasteiger partial charge < -0.3 is 9.84 Å². The molecule has 4 rings (SSSR count). The van der Waals surface area contributed by atoms with E-state index in [1.165, 1.54) is 45.1 Å². The molecule has 0 radical (unpaired) electrons. The van der Waals surface area contributed by atoms with E-state index in [1.54, 1.807) is 0 Å². The predicted octanol–water partition coefficient (Wildman–Crippen LogP) is 2.52. The highest BCUT2D eigenvalue weighted by molar-refractivity contribution is 5.06. The molecule has 2 aliphatic carbocycles. The zero-order valence-corrected chi connectivity index (χ0v) is 11.5. The van der Waals surface area contributed by atoms with Crippen LogP contribution in [0.2, 0.25) is 0 Å². The summed E-state index contributed by atoms with van der Waals surface area (Å²) in [6.45, 7) is 2.33. The number of rotatable bonds is 4. The Labute approximate surface area is 114 Å². The molecule has 0 amide bonds. The Bertz CT molecular complexity index is 438. The molecule has 2 heterocycles. The minimum absolute atomic E-state index is 0.601. The Morgan fingerprint density at radius 2 is 2.21 bits per heavy atom. The third-order valence-electron chi connectivity index (χ3n) is 5.48. The standard InChI is InChI=1S/C15H23N3O/c1-3-12-7-11(1)8-13(12)15-17-14(19-18-15)4-2-10-5-6-16-9-10/h10-13,16H,1-9H2. The third kappa shape index (κ3) is 2.31. The van der Waals surface area contributed by atoms with Crippen molar-refractivity contribution in [3.8, 4) is 0 Å². The van der Waals surface area contributed by atoms with Crippen LogP contribution in [0.15, 0.2) is 4.52 Å². The summed E-state index contributed by atoms with van der Waals surface area (Å²) in [4.78, 5) is 4.67. The summed E-state index contributed by atoms with van der Waals surface area (Å²) in [5.41, 5.74) is 0. The molecule has 1 aliphatic heterocycles. The van der Waals surface area contributed by atoms with Gasteiger partial charge in [0, 0.05) is 12.3 Å². The second kappa shape index (κ2) is 4.89. The molecule has 3 fully saturated rings. The van der Waals surface area contributed by atoms with Crippen molar-refractivity contribution in [1.82, 2.24) is 15.5 Å². The lowest BCUT2D eigenvalue weighted by molar-refractivity contribution is 0.344. The number of nitrogens with zero attached hydrogens (tertiary/aromatic N) is 2. The fourth-order valence-electron chi connectivity index (χ4n) is 4.37. The molecule has 1 aromatic heterocycles. The van der Waals surface area contributed by atoms with Gasteiger partial charge in [-0.05, 0) is 62.9 Å². The summed E-state index contributed by atoms with van der Waals surface area (Å²) in [5, 5.41) is 7.67. The van der Waals surface area contributed by atoms with Crippen LogP contribution in [-0.2, 0) is 6.42 Å². The highest BCUT2D eigenvalue weighted by Crippen LogP contribution is 2.52. The summed E-state index contributed by atoms with van der Waals surface area (Å²) in [6, 6.07) is 0. The van der Waals surface area contributed by atoms with Crippen molar-refractivity contribution in [2.75, 3.05) is 13.1 Å². The quantitative estimate of drug-likeness (QED) is 0.905. The van der Waals surface area contributed by atoms with Crippen molar-refractivity contribution in [2.45, 2.75) is 50.9 Å². The van der Waals surface area contributed by atoms with Gasteiger partial charge in [-0.15, -0.1) is 0 Å². The molecule has 1 aromatic rings. The first-order chi connectivity index (χ1) is 9.38. The monoisotopic (exact) mass is 261 g/mol. The molecular formula is C15H23N3O. The van der Waals surface area contributed by atoms with Crippen LogP contribution in [0.25, 0.3) is 0 Å². The highest BCUT2D eigenvalue weighted by Gasteiger charge is 2.42. The van der Waals surface area contributed by atoms with Crippen LogP contribution in [-0.4, -0.2) is 23.2 Å². The molecule has 104 valence electrons. The molecular weight excluding hydrogens is 238 g/mol. The normalized spacial score (nSPS) is 37.3. The Hall–Kier alpha value is -0.900. The van der Waals surface area contributed by atoms with Gasteiger partial charge in [0.15, 0.2) is 5.82 Å². The van der Waals surface area contributed by atoms with Crippen molar-refractivity contribution in [3.63, 3.8) is 0 Å². The lowest BCUT2D eigenvalue weighted by Gasteiger charge is -2.17. The molecule has 2 saturated carbocycles. The first kappa shape index (κ1) is 11.9. The second-order valence-corrected chi connectivity index (χ2v) is 6.73. The molecule has 4 heteroatoms. The Morgan fingerprint density at radius 1 is 1.21 bits per heavy atom. The molecule has 2 bridgehead atoms. The first-order valence-corrected chi connectivity index (χ1v) is 7.91. The summed E-state index contributed by atoms with van der Waals surface area (Å²) >= 11 is 0. The van der Waals surface area contributed by atoms with Crippen LogP contribution in [0.3, 0.4) is 0 Å². The maximum atomic E-state index is 5.46. The molecule has 4 unspecified atom stereocenters. The van der Waals surface area contributed by atoms with E-state index in [0.717, 1.165) is 42.4 Å². The van der Waals surface area contributed by atoms with Gasteiger partial charge in [-0.1, -0.05) is 11.6 Å². The Balaban J connectivity index is 1.36. The fraction of sp³-hybridized carbons (Fsp3) is 0.867. The largest absolute Gasteiger partial charge is 0.339 e. The average Bonchev–Trinajstić information content (AvgIpc) is 3.19. The number of fused-ring (bicyclic) bond motifs is 2. The van der Waals surface area contributed by atoms with Crippen molar-refractivity contribution >= 4 is 0 Å². The minimum Gasteiger partial charge on any atom is -0.339 e. The van der Waals surface area contributed by atoms with Crippen molar-refractivity contribution in [2.24, 2.45) is 17.8 Å². The Kier molecular flexibility index (Phi) is 3.06. The van der Waals surface area contributed by atoms with E-state index in [2.05, 4.69) is 15.5 Å². The fourth-order valence-corrected chi connectivity index (χ4v) is 4.37. The SMILES string of the molecule is C1CC(CCc2nc(C3CC4CCC3C4)no2)CN1. The van der Waals surface area contributed by atoms with Crippen molar-refractivity contribution in [1.29, 1.82) is 0 Å². The van der Waals surface area contributed by atoms with Crippen LogP contribution in [0, 0.1) is 17.8 Å². The van der Waals surface area contributed by atoms with E-state index < -0.39 is 0 Å². The van der Waals surface area contributed by atoms with Gasteiger partial charge in [0.05, 0.1) is 0 Å². The molecule has 0 spiro atoms. The number of aromatic nitrogens is 2. The molecule has 1 saturated heterocycles. The molecule has 4 nitrogen and oxygen atoms in total. The van der Waals surface area contributed by atoms with Crippen LogP contribution in [0.1, 0.15) is 56.2 Å². The maximum absolute atomic E-state index is 5.46. The summed E-state index contributed by atoms with van der Waals surface area (Å²) in [5.74, 6) is 5.06. The number of hydrogen-bond acceptors (Lipinski definition) is 4. The van der Waals surface area contributed by atoms with Gasteiger partial charge >= 0.3 is 0 Å². The van der Waals surface area contributed by atoms with E-state index in [1.807, 2.05) is 0 Å². The van der Waals surface area contributed by atoms with Gasteiger partial charge in [-0.2, -0.15) is 4.98 Å². The van der Waals surface area contributed by atoms with E-state index in [0.29, 0.717) is 5.92 Å². The summed E-state index contributed by atoms with van der Waals surface area (Å²) < 4.78 is 5.46. The average molecular weight is 261 g/mol. The lowest BCUT2D eigenvalue weighted by Crippen LogP contribution is -2.10. The maximum Gasteiger partial charge on any atom is 0.226 e. The molecule has 1 N–H and O–H groups in total. The third-order valence-corrected chi connectivity index (χ3v) is 5.48. The molecule has 4 atom stereocenters. The van der Waals surface area contributed by atoms with Crippen LogP contribution in [0.5, 0.6) is 0 Å². The van der Waals surface area contributed by atoms with Gasteiger partial charge in [-0.25, -0.2) is 0 Å². The van der Waals surface area contributed by atoms with E-state index in [-0.39, 0.29) is 0 Å².